The lowest BCUT2D eigenvalue weighted by molar-refractivity contribution is -0.142. The first-order chi connectivity index (χ1) is 28.4. The minimum absolute atomic E-state index is 0.0706. The summed E-state index contributed by atoms with van der Waals surface area (Å²) in [4.78, 5) is 128. The molecule has 0 aliphatic rings. The molecule has 0 aromatic carbocycles. The van der Waals surface area contributed by atoms with E-state index in [0.29, 0.717) is 5.75 Å². The van der Waals surface area contributed by atoms with Crippen LogP contribution in [0.1, 0.15) is 93.4 Å². The molecule has 23 heteroatoms. The van der Waals surface area contributed by atoms with E-state index in [0.717, 1.165) is 0 Å². The molecule has 0 spiro atoms. The van der Waals surface area contributed by atoms with E-state index in [2.05, 4.69) is 37.2 Å². The van der Waals surface area contributed by atoms with Crippen molar-refractivity contribution in [3.05, 3.63) is 0 Å². The van der Waals surface area contributed by atoms with E-state index in [-0.39, 0.29) is 31.6 Å². The van der Waals surface area contributed by atoms with Crippen LogP contribution in [0.4, 0.5) is 0 Å². The predicted octanol–water partition coefficient (Wildman–Crippen LogP) is -2.56. The number of primary amides is 1. The maximum atomic E-state index is 13.9. The van der Waals surface area contributed by atoms with Crippen LogP contribution in [0.15, 0.2) is 0 Å². The van der Waals surface area contributed by atoms with Crippen LogP contribution in [0.25, 0.3) is 0 Å². The lowest BCUT2D eigenvalue weighted by atomic mass is 9.96. The zero-order valence-electron chi connectivity index (χ0n) is 36.2. The molecule has 9 atom stereocenters. The Morgan fingerprint density at radius 2 is 1.02 bits per heavy atom. The Bertz CT molecular complexity index is 1530. The van der Waals surface area contributed by atoms with Gasteiger partial charge < -0.3 is 64.0 Å². The van der Waals surface area contributed by atoms with Gasteiger partial charge in [0.1, 0.15) is 42.3 Å². The third-order valence-electron chi connectivity index (χ3n) is 9.43. The van der Waals surface area contributed by atoms with Crippen LogP contribution in [0.2, 0.25) is 0 Å². The van der Waals surface area contributed by atoms with Gasteiger partial charge in [-0.2, -0.15) is 11.8 Å². The normalized spacial score (nSPS) is 15.6. The molecule has 0 aromatic rings. The number of carboxylic acids is 2. The molecule has 22 nitrogen and oxygen atoms in total. The summed E-state index contributed by atoms with van der Waals surface area (Å²) in [5.41, 5.74) is 10.9. The molecule has 61 heavy (non-hydrogen) atoms. The van der Waals surface area contributed by atoms with Gasteiger partial charge in [-0.05, 0) is 62.4 Å². The van der Waals surface area contributed by atoms with Crippen molar-refractivity contribution in [1.82, 2.24) is 37.2 Å². The second kappa shape index (κ2) is 28.5. The van der Waals surface area contributed by atoms with Crippen LogP contribution in [0.5, 0.6) is 0 Å². The summed E-state index contributed by atoms with van der Waals surface area (Å²) in [5.74, 6) is -10.6. The monoisotopic (exact) mass is 889 g/mol. The second-order valence-electron chi connectivity index (χ2n) is 15.6. The molecule has 0 fully saturated rings. The number of aliphatic hydroxyl groups excluding tert-OH is 1. The molecular weight excluding hydrogens is 823 g/mol. The number of hydrogen-bond donors (Lipinski definition) is 12. The number of carbonyl (C=O) groups is 10. The van der Waals surface area contributed by atoms with Gasteiger partial charge in [0, 0.05) is 12.8 Å². The third-order valence-corrected chi connectivity index (χ3v) is 10.1. The minimum Gasteiger partial charge on any atom is -0.481 e. The van der Waals surface area contributed by atoms with Crippen LogP contribution < -0.4 is 48.7 Å². The Balaban J connectivity index is 6.48. The molecule has 0 radical (unpaired) electrons. The molecule has 0 saturated carbocycles. The molecule has 0 heterocycles. The topological polar surface area (TPSA) is 368 Å². The summed E-state index contributed by atoms with van der Waals surface area (Å²) >= 11 is 1.38. The number of rotatable bonds is 30. The average molecular weight is 890 g/mol. The van der Waals surface area contributed by atoms with Gasteiger partial charge in [-0.1, -0.05) is 48.0 Å². The van der Waals surface area contributed by atoms with Crippen LogP contribution in [0.3, 0.4) is 0 Å². The molecule has 0 aliphatic carbocycles. The van der Waals surface area contributed by atoms with Crippen LogP contribution in [-0.4, -0.2) is 141 Å². The Labute approximate surface area is 360 Å². The summed E-state index contributed by atoms with van der Waals surface area (Å²) in [5, 5.41) is 46.1. The van der Waals surface area contributed by atoms with E-state index >= 15 is 0 Å². The SMILES string of the molecule is CCC(C)C(NC(=O)C(CCC(=O)O)NC(=O)C(CO)NC(=O)C(NC(=O)C(C)N)C(C)C)C(=O)NC(CCC(N)=O)C(=O)NC(CC(C)C)C(=O)NC(CCSC)C(=O)O. The largest absolute Gasteiger partial charge is 0.481 e. The summed E-state index contributed by atoms with van der Waals surface area (Å²) in [6.45, 7) is 10.4. The average Bonchev–Trinajstić information content (AvgIpc) is 3.17. The first-order valence-corrected chi connectivity index (χ1v) is 21.5. The summed E-state index contributed by atoms with van der Waals surface area (Å²) in [6.07, 6.45) is 0.349. The van der Waals surface area contributed by atoms with Crippen molar-refractivity contribution >= 4 is 71.0 Å². The fourth-order valence-electron chi connectivity index (χ4n) is 5.60. The molecule has 0 saturated heterocycles. The van der Waals surface area contributed by atoms with Crippen molar-refractivity contribution in [1.29, 1.82) is 0 Å². The Kier molecular flexibility index (Phi) is 26.1. The van der Waals surface area contributed by atoms with Crippen LogP contribution in [0, 0.1) is 17.8 Å². The van der Waals surface area contributed by atoms with E-state index in [9.17, 15) is 63.3 Å². The summed E-state index contributed by atoms with van der Waals surface area (Å²) < 4.78 is 0. The number of carboxylic acid groups (broad SMARTS) is 2. The van der Waals surface area contributed by atoms with E-state index in [1.165, 1.54) is 18.7 Å². The molecular formula is C38H67N9O13S. The van der Waals surface area contributed by atoms with E-state index in [4.69, 9.17) is 11.5 Å². The van der Waals surface area contributed by atoms with Gasteiger partial charge in [-0.15, -0.1) is 0 Å². The zero-order chi connectivity index (χ0) is 47.1. The fourth-order valence-corrected chi connectivity index (χ4v) is 6.07. The lowest BCUT2D eigenvalue weighted by Gasteiger charge is -2.30. The van der Waals surface area contributed by atoms with Crippen molar-refractivity contribution in [2.75, 3.05) is 18.6 Å². The minimum atomic E-state index is -1.67. The predicted molar refractivity (Wildman–Crippen MR) is 224 cm³/mol. The smallest absolute Gasteiger partial charge is 0.326 e. The van der Waals surface area contributed by atoms with Gasteiger partial charge in [-0.25, -0.2) is 4.79 Å². The number of nitrogens with two attached hydrogens (primary N) is 2. The van der Waals surface area contributed by atoms with Crippen molar-refractivity contribution in [2.45, 2.75) is 142 Å². The molecule has 348 valence electrons. The number of carbonyl (C=O) groups excluding carboxylic acids is 8. The zero-order valence-corrected chi connectivity index (χ0v) is 37.0. The van der Waals surface area contributed by atoms with E-state index < -0.39 is 145 Å². The number of thioether (sulfide) groups is 1. The highest BCUT2D eigenvalue weighted by atomic mass is 32.2. The Morgan fingerprint density at radius 3 is 1.48 bits per heavy atom. The van der Waals surface area contributed by atoms with Gasteiger partial charge in [0.2, 0.25) is 47.3 Å². The van der Waals surface area contributed by atoms with Crippen molar-refractivity contribution in [2.24, 2.45) is 29.2 Å². The number of hydrogen-bond acceptors (Lipinski definition) is 13. The second-order valence-corrected chi connectivity index (χ2v) is 16.6. The van der Waals surface area contributed by atoms with Crippen molar-refractivity contribution in [3.63, 3.8) is 0 Å². The molecule has 0 bridgehead atoms. The van der Waals surface area contributed by atoms with Gasteiger partial charge in [0.15, 0.2) is 0 Å². The highest BCUT2D eigenvalue weighted by Gasteiger charge is 2.36. The van der Waals surface area contributed by atoms with E-state index in [1.807, 2.05) is 0 Å². The number of amides is 8. The first kappa shape index (κ1) is 56.0. The third kappa shape index (κ3) is 21.4. The maximum Gasteiger partial charge on any atom is 0.326 e. The highest BCUT2D eigenvalue weighted by molar-refractivity contribution is 7.98. The van der Waals surface area contributed by atoms with Gasteiger partial charge in [0.25, 0.3) is 0 Å². The van der Waals surface area contributed by atoms with E-state index in [1.54, 1.807) is 47.8 Å². The Hall–Kier alpha value is -5.03. The molecule has 14 N–H and O–H groups in total. The standard InChI is InChI=1S/C38H67N9O13S/c1-9-20(6)30(37(58)42-22(10-12-27(40)49)32(53)44-25(16-18(2)3)34(55)43-24(38(59)60)14-15-61-8)47-33(54)23(11-13-28(50)51)41-35(56)26(17-48)45-36(57)29(19(4)5)46-31(52)21(7)39/h18-26,29-30,48H,9-17,39H2,1-8H3,(H2,40,49)(H,41,56)(H,42,58)(H,43,55)(H,44,53)(H,45,57)(H,46,52)(H,47,54)(H,50,51)(H,59,60). The molecule has 9 unspecified atom stereocenters. The van der Waals surface area contributed by atoms with Gasteiger partial charge >= 0.3 is 11.9 Å². The summed E-state index contributed by atoms with van der Waals surface area (Å²) in [7, 11) is 0. The Morgan fingerprint density at radius 1 is 0.574 bits per heavy atom. The molecule has 8 amide bonds. The maximum absolute atomic E-state index is 13.9. The lowest BCUT2D eigenvalue weighted by Crippen LogP contribution is -2.61. The number of aliphatic hydroxyl groups is 1. The van der Waals surface area contributed by atoms with Crippen LogP contribution in [-0.2, 0) is 47.9 Å². The molecule has 0 aliphatic heterocycles. The van der Waals surface area contributed by atoms with Gasteiger partial charge in [0.05, 0.1) is 12.6 Å². The summed E-state index contributed by atoms with van der Waals surface area (Å²) in [6, 6.07) is -10.9. The highest BCUT2D eigenvalue weighted by Crippen LogP contribution is 2.13. The molecule has 0 aromatic heterocycles. The quantitative estimate of drug-likeness (QED) is 0.0353. The van der Waals surface area contributed by atoms with Crippen molar-refractivity contribution in [3.8, 4) is 0 Å². The van der Waals surface area contributed by atoms with Crippen LogP contribution >= 0.6 is 11.8 Å². The first-order valence-electron chi connectivity index (χ1n) is 20.1. The number of aliphatic carboxylic acids is 2. The fraction of sp³-hybridized carbons (Fsp3) is 0.737. The van der Waals surface area contributed by atoms with Crippen molar-refractivity contribution < 1.29 is 63.3 Å². The molecule has 0 rings (SSSR count). The number of nitrogens with one attached hydrogen (secondary N) is 7. The van der Waals surface area contributed by atoms with Gasteiger partial charge in [-0.3, -0.25) is 43.2 Å².